The molecule has 0 aliphatic heterocycles. The van der Waals surface area contributed by atoms with Crippen molar-refractivity contribution in [2.24, 2.45) is 5.10 Å². The van der Waals surface area contributed by atoms with E-state index in [9.17, 15) is 14.4 Å². The summed E-state index contributed by atoms with van der Waals surface area (Å²) < 4.78 is 6.34. The normalized spacial score (nSPS) is 10.9. The maximum Gasteiger partial charge on any atom is 0.329 e. The molecule has 3 amide bonds. The summed E-state index contributed by atoms with van der Waals surface area (Å²) in [7, 11) is 0. The van der Waals surface area contributed by atoms with E-state index < -0.39 is 17.7 Å². The Morgan fingerprint density at radius 2 is 1.66 bits per heavy atom. The van der Waals surface area contributed by atoms with Crippen LogP contribution in [0.25, 0.3) is 0 Å². The third-order valence-corrected chi connectivity index (χ3v) is 6.08. The summed E-state index contributed by atoms with van der Waals surface area (Å²) in [5, 5.41) is 9.83. The molecule has 0 spiro atoms. The molecule has 8 nitrogen and oxygen atoms in total. The fraction of sp³-hybridized carbons (Fsp3) is 0.185. The first-order chi connectivity index (χ1) is 18.1. The monoisotopic (exact) mass is 618 g/mol. The van der Waals surface area contributed by atoms with Crippen LogP contribution in [0.3, 0.4) is 0 Å². The molecular weight excluding hydrogens is 595 g/mol. The van der Waals surface area contributed by atoms with Gasteiger partial charge in [-0.1, -0.05) is 77.2 Å². The molecule has 11 heteroatoms. The molecule has 3 N–H and O–H groups in total. The molecule has 0 aromatic heterocycles. The predicted octanol–water partition coefficient (Wildman–Crippen LogP) is 5.66. The first-order valence-electron chi connectivity index (χ1n) is 11.5. The van der Waals surface area contributed by atoms with Crippen LogP contribution in [-0.2, 0) is 20.9 Å². The Bertz CT molecular complexity index is 1330. The lowest BCUT2D eigenvalue weighted by molar-refractivity contribution is -0.139. The van der Waals surface area contributed by atoms with Gasteiger partial charge in [-0.3, -0.25) is 14.4 Å². The van der Waals surface area contributed by atoms with E-state index in [4.69, 9.17) is 27.9 Å². The van der Waals surface area contributed by atoms with E-state index in [2.05, 4.69) is 50.9 Å². The summed E-state index contributed by atoms with van der Waals surface area (Å²) >= 11 is 15.3. The minimum absolute atomic E-state index is 0.210. The van der Waals surface area contributed by atoms with Crippen LogP contribution < -0.4 is 20.8 Å². The van der Waals surface area contributed by atoms with Gasteiger partial charge in [-0.25, -0.2) is 5.43 Å². The van der Waals surface area contributed by atoms with E-state index in [1.807, 2.05) is 24.3 Å². The van der Waals surface area contributed by atoms with Crippen molar-refractivity contribution in [1.82, 2.24) is 10.7 Å². The predicted molar refractivity (Wildman–Crippen MR) is 153 cm³/mol. The molecular formula is C27H25BrCl2N4O4. The maximum atomic E-state index is 12.3. The van der Waals surface area contributed by atoms with E-state index in [-0.39, 0.29) is 13.2 Å². The highest BCUT2D eigenvalue weighted by Crippen LogP contribution is 2.24. The fourth-order valence-electron chi connectivity index (χ4n) is 3.21. The Balaban J connectivity index is 1.53. The van der Waals surface area contributed by atoms with Gasteiger partial charge >= 0.3 is 11.8 Å². The summed E-state index contributed by atoms with van der Waals surface area (Å²) in [5.74, 6) is -1.43. The smallest absolute Gasteiger partial charge is 0.329 e. The number of rotatable bonds is 9. The van der Waals surface area contributed by atoms with Crippen molar-refractivity contribution in [3.05, 3.63) is 91.9 Å². The topological polar surface area (TPSA) is 109 Å². The van der Waals surface area contributed by atoms with Crippen LogP contribution in [0.2, 0.25) is 10.0 Å². The Morgan fingerprint density at radius 1 is 0.974 bits per heavy atom. The molecule has 3 rings (SSSR count). The van der Waals surface area contributed by atoms with Crippen LogP contribution in [-0.4, -0.2) is 30.5 Å². The van der Waals surface area contributed by atoms with E-state index in [1.54, 1.807) is 36.4 Å². The van der Waals surface area contributed by atoms with Crippen molar-refractivity contribution >= 4 is 68.8 Å². The fourth-order valence-corrected chi connectivity index (χ4v) is 4.12. The summed E-state index contributed by atoms with van der Waals surface area (Å²) in [4.78, 5) is 36.6. The standard InChI is InChI=1S/C27H25BrCl2N4O4/c1-16(2)18-5-3-17(4-6-18)13-31-26(36)27(37)34-32-14-19-9-20(28)7-8-24(19)38-15-25(35)33-23-11-21(29)10-22(30)12-23/h3-12,14,16H,13,15H2,1-2H3,(H,31,36)(H,33,35)(H,34,37)/b32-14-. The molecule has 0 unspecified atom stereocenters. The number of nitrogens with one attached hydrogen (secondary N) is 3. The van der Waals surface area contributed by atoms with Gasteiger partial charge in [-0.2, -0.15) is 5.10 Å². The van der Waals surface area contributed by atoms with Gasteiger partial charge in [0.15, 0.2) is 6.61 Å². The quantitative estimate of drug-likeness (QED) is 0.163. The second-order valence-corrected chi connectivity index (χ2v) is 10.2. The molecule has 0 fully saturated rings. The Morgan fingerprint density at radius 3 is 2.32 bits per heavy atom. The average molecular weight is 620 g/mol. The largest absolute Gasteiger partial charge is 0.483 e. The summed E-state index contributed by atoms with van der Waals surface area (Å²) in [6.07, 6.45) is 1.31. The summed E-state index contributed by atoms with van der Waals surface area (Å²) in [5.41, 5.74) is 5.15. The number of carbonyl (C=O) groups is 3. The van der Waals surface area contributed by atoms with Crippen molar-refractivity contribution in [2.75, 3.05) is 11.9 Å². The number of carbonyl (C=O) groups excluding carboxylic acids is 3. The Hall–Kier alpha value is -3.40. The van der Waals surface area contributed by atoms with E-state index >= 15 is 0 Å². The lowest BCUT2D eigenvalue weighted by Crippen LogP contribution is -2.37. The molecule has 0 aliphatic rings. The molecule has 0 saturated heterocycles. The zero-order valence-electron chi connectivity index (χ0n) is 20.6. The Kier molecular flexibility index (Phi) is 10.7. The average Bonchev–Trinajstić information content (AvgIpc) is 2.86. The maximum absolute atomic E-state index is 12.3. The highest BCUT2D eigenvalue weighted by atomic mass is 79.9. The first-order valence-corrected chi connectivity index (χ1v) is 13.0. The SMILES string of the molecule is CC(C)c1ccc(CNC(=O)C(=O)N/N=C\c2cc(Br)ccc2OCC(=O)Nc2cc(Cl)cc(Cl)c2)cc1. The van der Waals surface area contributed by atoms with E-state index in [0.717, 1.165) is 10.0 Å². The number of nitrogens with zero attached hydrogens (tertiary/aromatic N) is 1. The number of benzene rings is 3. The second kappa shape index (κ2) is 13.9. The molecule has 0 radical (unpaired) electrons. The van der Waals surface area contributed by atoms with Crippen molar-refractivity contribution in [1.29, 1.82) is 0 Å². The van der Waals surface area contributed by atoms with Gasteiger partial charge in [0.25, 0.3) is 5.91 Å². The molecule has 0 saturated carbocycles. The van der Waals surface area contributed by atoms with Gasteiger partial charge in [0, 0.05) is 32.3 Å². The van der Waals surface area contributed by atoms with E-state index in [0.29, 0.717) is 33.0 Å². The Labute approximate surface area is 238 Å². The van der Waals surface area contributed by atoms with Gasteiger partial charge in [0.1, 0.15) is 5.75 Å². The van der Waals surface area contributed by atoms with Gasteiger partial charge in [-0.05, 0) is 53.4 Å². The number of amides is 3. The van der Waals surface area contributed by atoms with Crippen LogP contribution in [0, 0.1) is 0 Å². The molecule has 0 atom stereocenters. The minimum atomic E-state index is -0.919. The molecule has 198 valence electrons. The highest BCUT2D eigenvalue weighted by Gasteiger charge is 2.13. The molecule has 0 aliphatic carbocycles. The lowest BCUT2D eigenvalue weighted by Gasteiger charge is -2.10. The van der Waals surface area contributed by atoms with Crippen molar-refractivity contribution in [3.8, 4) is 5.75 Å². The second-order valence-electron chi connectivity index (χ2n) is 8.46. The molecule has 3 aromatic carbocycles. The lowest BCUT2D eigenvalue weighted by atomic mass is 10.0. The van der Waals surface area contributed by atoms with Crippen LogP contribution in [0.15, 0.2) is 70.2 Å². The molecule has 0 bridgehead atoms. The van der Waals surface area contributed by atoms with E-state index in [1.165, 1.54) is 11.8 Å². The number of hydrazone groups is 1. The molecule has 0 heterocycles. The number of halogens is 3. The van der Waals surface area contributed by atoms with Gasteiger partial charge in [0.05, 0.1) is 6.21 Å². The third-order valence-electron chi connectivity index (χ3n) is 5.15. The number of hydrogen-bond donors (Lipinski definition) is 3. The van der Waals surface area contributed by atoms with Crippen LogP contribution >= 0.6 is 39.1 Å². The number of anilines is 1. The van der Waals surface area contributed by atoms with Crippen LogP contribution in [0.4, 0.5) is 5.69 Å². The zero-order valence-corrected chi connectivity index (χ0v) is 23.7. The first kappa shape index (κ1) is 29.2. The van der Waals surface area contributed by atoms with Crippen molar-refractivity contribution < 1.29 is 19.1 Å². The summed E-state index contributed by atoms with van der Waals surface area (Å²) in [6, 6.07) is 17.5. The van der Waals surface area contributed by atoms with Gasteiger partial charge < -0.3 is 15.4 Å². The van der Waals surface area contributed by atoms with Crippen LogP contribution in [0.1, 0.15) is 36.5 Å². The van der Waals surface area contributed by atoms with Crippen molar-refractivity contribution in [2.45, 2.75) is 26.3 Å². The number of ether oxygens (including phenoxy) is 1. The number of hydrogen-bond acceptors (Lipinski definition) is 5. The summed E-state index contributed by atoms with van der Waals surface area (Å²) in [6.45, 7) is 4.10. The highest BCUT2D eigenvalue weighted by molar-refractivity contribution is 9.10. The zero-order chi connectivity index (χ0) is 27.7. The molecule has 3 aromatic rings. The third kappa shape index (κ3) is 9.16. The molecule has 38 heavy (non-hydrogen) atoms. The van der Waals surface area contributed by atoms with Gasteiger partial charge in [-0.15, -0.1) is 0 Å². The van der Waals surface area contributed by atoms with Crippen LogP contribution in [0.5, 0.6) is 5.75 Å². The van der Waals surface area contributed by atoms with Crippen molar-refractivity contribution in [3.63, 3.8) is 0 Å². The minimum Gasteiger partial charge on any atom is -0.483 e. The van der Waals surface area contributed by atoms with Gasteiger partial charge in [0.2, 0.25) is 0 Å².